The first-order valence-electron chi connectivity index (χ1n) is 22.2. The Morgan fingerprint density at radius 1 is 0.359 bits per heavy atom. The highest BCUT2D eigenvalue weighted by Crippen LogP contribution is 2.70. The number of rotatable bonds is 12. The summed E-state index contributed by atoms with van der Waals surface area (Å²) < 4.78 is 11.9. The number of hydrogen-bond acceptors (Lipinski definition) is 14. The molecule has 8 bridgehead atoms. The summed E-state index contributed by atoms with van der Waals surface area (Å²) in [6.07, 6.45) is 4.80. The monoisotopic (exact) mass is 1110 g/mol. The molecule has 0 radical (unpaired) electrons. The predicted molar refractivity (Wildman–Crippen MR) is 312 cm³/mol. The van der Waals surface area contributed by atoms with Crippen molar-refractivity contribution in [1.82, 2.24) is 9.97 Å². The molecule has 0 spiro atoms. The van der Waals surface area contributed by atoms with Crippen LogP contribution in [0.5, 0.6) is 0 Å². The van der Waals surface area contributed by atoms with E-state index >= 15 is 0 Å². The van der Waals surface area contributed by atoms with Crippen LogP contribution in [-0.4, -0.2) is 33.0 Å². The Morgan fingerprint density at radius 3 is 0.797 bits per heavy atom. The molecular weight excluding hydrogens is 1050 g/mol. The second-order valence-electron chi connectivity index (χ2n) is 18.4. The molecule has 16 heteroatoms. The standard InChI is InChI=1S/C48H58N2S14/c1-13-21-51-37-38(52-22-14-2)62-43(61-37)41-55-29-30(56-41)34-46(7,8)26-18-20-28(50-26)48(11,12)36-32-31(57-42(58-32)44-63-39(53-23-15-3)40(64-44)54-24-16-4)35(60-36)47(9,10)27-19-17-25(49-27)45(5,6)33(29)59-34/h17-20,49-50H,13-16,21-24H2,1-12H3. The topological polar surface area (TPSA) is 31.6 Å². The number of thioether (sulfide) groups is 12. The van der Waals surface area contributed by atoms with E-state index in [0.717, 1.165) is 0 Å². The average Bonchev–Trinajstić information content (AvgIpc) is 4.10. The fourth-order valence-corrected chi connectivity index (χ4v) is 29.7. The van der Waals surface area contributed by atoms with E-state index in [9.17, 15) is 0 Å². The number of aromatic nitrogens is 2. The van der Waals surface area contributed by atoms with Gasteiger partial charge >= 0.3 is 0 Å². The quantitative estimate of drug-likeness (QED) is 0.142. The minimum absolute atomic E-state index is 0.223. The van der Waals surface area contributed by atoms with Crippen LogP contribution >= 0.6 is 164 Å². The van der Waals surface area contributed by atoms with Crippen LogP contribution in [0.1, 0.15) is 151 Å². The maximum atomic E-state index is 4.14. The van der Waals surface area contributed by atoms with Gasteiger partial charge in [-0.15, -0.1) is 69.7 Å². The van der Waals surface area contributed by atoms with Gasteiger partial charge in [-0.3, -0.25) is 0 Å². The zero-order chi connectivity index (χ0) is 45.3. The summed E-state index contributed by atoms with van der Waals surface area (Å²) in [5.41, 5.74) is 4.29. The molecule has 0 atom stereocenters. The summed E-state index contributed by atoms with van der Waals surface area (Å²) in [4.78, 5) is 20.1. The van der Waals surface area contributed by atoms with E-state index in [-0.39, 0.29) is 21.7 Å². The van der Waals surface area contributed by atoms with Crippen molar-refractivity contribution in [3.8, 4) is 0 Å². The number of hydrogen-bond donors (Lipinski definition) is 2. The zero-order valence-corrected chi connectivity index (χ0v) is 50.1. The number of thiophene rings is 2. The van der Waals surface area contributed by atoms with E-state index in [1.165, 1.54) is 144 Å². The van der Waals surface area contributed by atoms with E-state index < -0.39 is 0 Å². The molecule has 4 aromatic rings. The molecule has 0 fully saturated rings. The van der Waals surface area contributed by atoms with E-state index in [1.54, 1.807) is 0 Å². The molecule has 0 aromatic carbocycles. The molecule has 0 amide bonds. The van der Waals surface area contributed by atoms with Gasteiger partial charge in [-0.25, -0.2) is 0 Å². The molecule has 9 heterocycles. The molecule has 0 aliphatic carbocycles. The number of H-pyrrole nitrogens is 2. The minimum Gasteiger partial charge on any atom is -0.361 e. The van der Waals surface area contributed by atoms with Crippen molar-refractivity contribution < 1.29 is 0 Å². The number of fused-ring (bicyclic) bond motifs is 14. The minimum atomic E-state index is -0.223. The Labute approximate surface area is 442 Å². The van der Waals surface area contributed by atoms with Crippen LogP contribution in [0.2, 0.25) is 0 Å². The third-order valence-electron chi connectivity index (χ3n) is 11.9. The maximum Gasteiger partial charge on any atom is 0.0717 e. The van der Waals surface area contributed by atoms with Gasteiger partial charge in [0, 0.05) is 83.5 Å². The molecule has 2 nitrogen and oxygen atoms in total. The maximum absolute atomic E-state index is 4.14. The van der Waals surface area contributed by atoms with Crippen LogP contribution in [0.3, 0.4) is 0 Å². The van der Waals surface area contributed by atoms with Gasteiger partial charge < -0.3 is 9.97 Å². The number of aromatic amines is 2. The van der Waals surface area contributed by atoms with Crippen molar-refractivity contribution in [3.05, 3.63) is 100 Å². The highest BCUT2D eigenvalue weighted by molar-refractivity contribution is 8.43. The lowest BCUT2D eigenvalue weighted by atomic mass is 9.86. The molecule has 0 saturated carbocycles. The van der Waals surface area contributed by atoms with Crippen LogP contribution in [-0.2, 0) is 21.7 Å². The van der Waals surface area contributed by atoms with E-state index in [4.69, 9.17) is 0 Å². The molecule has 4 aromatic heterocycles. The first-order chi connectivity index (χ1) is 30.5. The molecule has 0 saturated heterocycles. The summed E-state index contributed by atoms with van der Waals surface area (Å²) in [6.45, 7) is 28.9. The third kappa shape index (κ3) is 9.15. The predicted octanol–water partition coefficient (Wildman–Crippen LogP) is 20.5. The zero-order valence-electron chi connectivity index (χ0n) is 38.7. The summed E-state index contributed by atoms with van der Waals surface area (Å²) in [5.74, 6) is 4.71. The van der Waals surface area contributed by atoms with Crippen LogP contribution in [0.4, 0.5) is 0 Å². The first-order valence-corrected chi connectivity index (χ1v) is 34.3. The summed E-state index contributed by atoms with van der Waals surface area (Å²) in [7, 11) is 0. The van der Waals surface area contributed by atoms with Crippen molar-refractivity contribution in [2.24, 2.45) is 0 Å². The lowest BCUT2D eigenvalue weighted by molar-refractivity contribution is 0.585. The second kappa shape index (κ2) is 20.0. The lowest BCUT2D eigenvalue weighted by Gasteiger charge is -2.28. The Morgan fingerprint density at radius 2 is 0.578 bits per heavy atom. The average molecular weight is 1110 g/mol. The first kappa shape index (κ1) is 50.1. The molecule has 5 aliphatic heterocycles. The summed E-state index contributed by atoms with van der Waals surface area (Å²) in [5, 5.41) is 0. The Balaban J connectivity index is 1.14. The summed E-state index contributed by atoms with van der Waals surface area (Å²) >= 11 is 28.7. The highest BCUT2D eigenvalue weighted by atomic mass is 32.3. The SMILES string of the molecule is CCCSC1=C(SCCC)SC(=C2Sc3c4sc(c3S2)C(C)(C)c2ccc([nH]2)C(C)(C)c2sc(c3c2SC(=C2SC(SCCC)=C(SCCC)S2)S3)C(C)(C)c2ccc([nH]2)C4(C)C)S1. The largest absolute Gasteiger partial charge is 0.361 e. The van der Waals surface area contributed by atoms with E-state index in [2.05, 4.69) is 187 Å². The Bertz CT molecular complexity index is 2250. The van der Waals surface area contributed by atoms with Gasteiger partial charge in [-0.05, 0) is 128 Å². The Kier molecular flexibility index (Phi) is 15.6. The smallest absolute Gasteiger partial charge is 0.0717 e. The highest BCUT2D eigenvalue weighted by Gasteiger charge is 2.46. The summed E-state index contributed by atoms with van der Waals surface area (Å²) in [6, 6.07) is 9.64. The van der Waals surface area contributed by atoms with Gasteiger partial charge in [0.1, 0.15) is 0 Å². The Hall–Kier alpha value is 1.12. The van der Waals surface area contributed by atoms with Crippen LogP contribution in [0, 0.1) is 0 Å². The van der Waals surface area contributed by atoms with Gasteiger partial charge in [0.25, 0.3) is 0 Å². The molecular formula is C48H58N2S14. The van der Waals surface area contributed by atoms with Crippen LogP contribution < -0.4 is 0 Å². The van der Waals surface area contributed by atoms with E-state index in [1.807, 2.05) is 94.1 Å². The molecule has 9 rings (SSSR count). The van der Waals surface area contributed by atoms with Crippen LogP contribution in [0.15, 0.2) is 77.7 Å². The lowest BCUT2D eigenvalue weighted by Crippen LogP contribution is -2.23. The normalized spacial score (nSPS) is 20.7. The van der Waals surface area contributed by atoms with Gasteiger partial charge in [0.2, 0.25) is 0 Å². The van der Waals surface area contributed by atoms with Crippen molar-refractivity contribution in [2.45, 2.75) is 150 Å². The van der Waals surface area contributed by atoms with Crippen molar-refractivity contribution >= 4 is 164 Å². The van der Waals surface area contributed by atoms with Crippen LogP contribution in [0.25, 0.3) is 0 Å². The van der Waals surface area contributed by atoms with Crippen molar-refractivity contribution in [3.63, 3.8) is 0 Å². The number of nitrogens with one attached hydrogen (secondary N) is 2. The van der Waals surface area contributed by atoms with E-state index in [0.29, 0.717) is 0 Å². The van der Waals surface area contributed by atoms with Crippen molar-refractivity contribution in [2.75, 3.05) is 23.0 Å². The van der Waals surface area contributed by atoms with Crippen molar-refractivity contribution in [1.29, 1.82) is 0 Å². The fraction of sp³-hybridized carbons (Fsp3) is 0.500. The second-order valence-corrected chi connectivity index (χ2v) is 35.1. The van der Waals surface area contributed by atoms with Gasteiger partial charge in [0.15, 0.2) is 0 Å². The molecule has 64 heavy (non-hydrogen) atoms. The molecule has 2 N–H and O–H groups in total. The van der Waals surface area contributed by atoms with Gasteiger partial charge in [0.05, 0.1) is 33.9 Å². The van der Waals surface area contributed by atoms with Gasteiger partial charge in [-0.1, -0.05) is 122 Å². The third-order valence-corrected chi connectivity index (χ3v) is 34.3. The fourth-order valence-electron chi connectivity index (χ4n) is 7.98. The molecule has 5 aliphatic rings. The molecule has 0 unspecified atom stereocenters. The van der Waals surface area contributed by atoms with Gasteiger partial charge in [-0.2, -0.15) is 0 Å². The molecule has 344 valence electrons.